The van der Waals surface area contributed by atoms with E-state index < -0.39 is 0 Å². The van der Waals surface area contributed by atoms with Gasteiger partial charge in [0, 0.05) is 23.8 Å². The second kappa shape index (κ2) is 9.25. The molecule has 27 heavy (non-hydrogen) atoms. The third-order valence-corrected chi connectivity index (χ3v) is 5.74. The zero-order valence-electron chi connectivity index (χ0n) is 16.1. The number of piperidine rings is 1. The number of benzene rings is 2. The molecule has 0 unspecified atom stereocenters. The summed E-state index contributed by atoms with van der Waals surface area (Å²) in [5.74, 6) is 0.526. The Bertz CT molecular complexity index is 785. The number of hydrogen-bond donors (Lipinski definition) is 2. The average molecular weight is 386 g/mol. The summed E-state index contributed by atoms with van der Waals surface area (Å²) in [7, 11) is 0. The number of aryl methyl sites for hydroxylation is 2. The van der Waals surface area contributed by atoms with E-state index in [1.54, 1.807) is 0 Å². The van der Waals surface area contributed by atoms with Gasteiger partial charge in [-0.15, -0.1) is 0 Å². The van der Waals surface area contributed by atoms with E-state index in [0.717, 1.165) is 49.7 Å². The van der Waals surface area contributed by atoms with E-state index in [2.05, 4.69) is 35.4 Å². The third-order valence-electron chi connectivity index (χ3n) is 5.38. The highest BCUT2D eigenvalue weighted by Gasteiger charge is 2.20. The molecular formula is C22H28ClN3O. The van der Waals surface area contributed by atoms with Crippen LogP contribution in [-0.4, -0.2) is 30.6 Å². The monoisotopic (exact) mass is 385 g/mol. The summed E-state index contributed by atoms with van der Waals surface area (Å²) in [6.07, 6.45) is 2.18. The van der Waals surface area contributed by atoms with Gasteiger partial charge in [-0.2, -0.15) is 0 Å². The van der Waals surface area contributed by atoms with E-state index in [-0.39, 0.29) is 6.03 Å². The summed E-state index contributed by atoms with van der Waals surface area (Å²) < 4.78 is 0. The van der Waals surface area contributed by atoms with Crippen LogP contribution in [0.3, 0.4) is 0 Å². The smallest absolute Gasteiger partial charge is 0.319 e. The minimum Gasteiger partial charge on any atom is -0.338 e. The largest absolute Gasteiger partial charge is 0.338 e. The van der Waals surface area contributed by atoms with Crippen LogP contribution in [0.5, 0.6) is 0 Å². The minimum absolute atomic E-state index is 0.128. The topological polar surface area (TPSA) is 44.4 Å². The van der Waals surface area contributed by atoms with Crippen molar-refractivity contribution < 1.29 is 4.79 Å². The van der Waals surface area contributed by atoms with Crippen molar-refractivity contribution in [3.05, 3.63) is 64.2 Å². The SMILES string of the molecule is Cc1ccc(NC(=O)NCC2CCN(Cc3ccccc3Cl)CC2)cc1C. The Labute approximate surface area is 166 Å². The summed E-state index contributed by atoms with van der Waals surface area (Å²) >= 11 is 6.26. The van der Waals surface area contributed by atoms with Crippen molar-refractivity contribution in [1.82, 2.24) is 10.2 Å². The Morgan fingerprint density at radius 1 is 1.11 bits per heavy atom. The van der Waals surface area contributed by atoms with Crippen LogP contribution in [0.15, 0.2) is 42.5 Å². The number of carbonyl (C=O) groups excluding carboxylic acids is 1. The Kier molecular flexibility index (Phi) is 6.75. The fourth-order valence-electron chi connectivity index (χ4n) is 3.45. The average Bonchev–Trinajstić information content (AvgIpc) is 2.66. The van der Waals surface area contributed by atoms with E-state index in [1.807, 2.05) is 36.4 Å². The lowest BCUT2D eigenvalue weighted by Crippen LogP contribution is -2.39. The van der Waals surface area contributed by atoms with Crippen LogP contribution in [0.2, 0.25) is 5.02 Å². The summed E-state index contributed by atoms with van der Waals surface area (Å²) in [6, 6.07) is 13.9. The fraction of sp³-hybridized carbons (Fsp3) is 0.409. The molecule has 0 saturated carbocycles. The molecule has 2 aromatic carbocycles. The maximum atomic E-state index is 12.1. The molecule has 1 aliphatic heterocycles. The van der Waals surface area contributed by atoms with Gasteiger partial charge in [0.25, 0.3) is 0 Å². The number of urea groups is 1. The van der Waals surface area contributed by atoms with Crippen molar-refractivity contribution in [3.63, 3.8) is 0 Å². The highest BCUT2D eigenvalue weighted by Crippen LogP contribution is 2.22. The first-order valence-electron chi connectivity index (χ1n) is 9.59. The Balaban J connectivity index is 1.39. The minimum atomic E-state index is -0.128. The molecule has 1 fully saturated rings. The molecule has 2 N–H and O–H groups in total. The number of rotatable bonds is 5. The van der Waals surface area contributed by atoms with Crippen LogP contribution in [0.25, 0.3) is 0 Å². The van der Waals surface area contributed by atoms with Crippen LogP contribution in [0.1, 0.15) is 29.5 Å². The normalized spacial score (nSPS) is 15.5. The molecule has 0 atom stereocenters. The van der Waals surface area contributed by atoms with Crippen molar-refractivity contribution in [1.29, 1.82) is 0 Å². The Morgan fingerprint density at radius 3 is 2.56 bits per heavy atom. The predicted octanol–water partition coefficient (Wildman–Crippen LogP) is 4.99. The van der Waals surface area contributed by atoms with Gasteiger partial charge in [0.05, 0.1) is 0 Å². The number of halogens is 1. The molecule has 4 nitrogen and oxygen atoms in total. The molecule has 2 aromatic rings. The molecule has 2 amide bonds. The van der Waals surface area contributed by atoms with Gasteiger partial charge in [-0.25, -0.2) is 4.79 Å². The summed E-state index contributed by atoms with van der Waals surface area (Å²) in [4.78, 5) is 14.6. The molecule has 144 valence electrons. The van der Waals surface area contributed by atoms with Crippen molar-refractivity contribution in [2.45, 2.75) is 33.2 Å². The number of nitrogens with zero attached hydrogens (tertiary/aromatic N) is 1. The van der Waals surface area contributed by atoms with Gasteiger partial charge >= 0.3 is 6.03 Å². The van der Waals surface area contributed by atoms with E-state index in [0.29, 0.717) is 5.92 Å². The van der Waals surface area contributed by atoms with Crippen LogP contribution < -0.4 is 10.6 Å². The van der Waals surface area contributed by atoms with Crippen LogP contribution >= 0.6 is 11.6 Å². The first-order valence-corrected chi connectivity index (χ1v) is 9.97. The highest BCUT2D eigenvalue weighted by atomic mass is 35.5. The van der Waals surface area contributed by atoms with E-state index in [9.17, 15) is 4.79 Å². The molecule has 0 spiro atoms. The maximum absolute atomic E-state index is 12.1. The molecule has 1 aliphatic rings. The summed E-state index contributed by atoms with van der Waals surface area (Å²) in [5.41, 5.74) is 4.43. The lowest BCUT2D eigenvalue weighted by Gasteiger charge is -2.32. The second-order valence-electron chi connectivity index (χ2n) is 7.44. The number of nitrogens with one attached hydrogen (secondary N) is 2. The zero-order valence-corrected chi connectivity index (χ0v) is 16.9. The summed E-state index contributed by atoms with van der Waals surface area (Å²) in [5, 5.41) is 6.78. The molecular weight excluding hydrogens is 358 g/mol. The van der Waals surface area contributed by atoms with Crippen LogP contribution in [0.4, 0.5) is 10.5 Å². The number of anilines is 1. The number of carbonyl (C=O) groups is 1. The maximum Gasteiger partial charge on any atom is 0.319 e. The lowest BCUT2D eigenvalue weighted by atomic mass is 9.96. The van der Waals surface area contributed by atoms with Gasteiger partial charge in [0.1, 0.15) is 0 Å². The molecule has 5 heteroatoms. The molecule has 3 rings (SSSR count). The van der Waals surface area contributed by atoms with Crippen molar-refractivity contribution in [2.75, 3.05) is 25.0 Å². The van der Waals surface area contributed by atoms with Crippen molar-refractivity contribution >= 4 is 23.3 Å². The van der Waals surface area contributed by atoms with E-state index in [1.165, 1.54) is 16.7 Å². The first-order chi connectivity index (χ1) is 13.0. The predicted molar refractivity (Wildman–Crippen MR) is 112 cm³/mol. The molecule has 1 saturated heterocycles. The molecule has 0 radical (unpaired) electrons. The van der Waals surface area contributed by atoms with Crippen molar-refractivity contribution in [2.24, 2.45) is 5.92 Å². The number of likely N-dealkylation sites (tertiary alicyclic amines) is 1. The second-order valence-corrected chi connectivity index (χ2v) is 7.85. The van der Waals surface area contributed by atoms with Gasteiger partial charge in [-0.1, -0.05) is 35.9 Å². The Morgan fingerprint density at radius 2 is 1.85 bits per heavy atom. The molecule has 0 aromatic heterocycles. The van der Waals surface area contributed by atoms with Gasteiger partial charge in [0.2, 0.25) is 0 Å². The summed E-state index contributed by atoms with van der Waals surface area (Å²) in [6.45, 7) is 7.81. The zero-order chi connectivity index (χ0) is 19.2. The third kappa shape index (κ3) is 5.72. The van der Waals surface area contributed by atoms with Crippen molar-refractivity contribution in [3.8, 4) is 0 Å². The number of hydrogen-bond acceptors (Lipinski definition) is 2. The van der Waals surface area contributed by atoms with E-state index >= 15 is 0 Å². The first kappa shape index (κ1) is 19.7. The van der Waals surface area contributed by atoms with Crippen LogP contribution in [0, 0.1) is 19.8 Å². The fourth-order valence-corrected chi connectivity index (χ4v) is 3.64. The van der Waals surface area contributed by atoms with E-state index in [4.69, 9.17) is 11.6 Å². The van der Waals surface area contributed by atoms with Gasteiger partial charge in [0.15, 0.2) is 0 Å². The molecule has 0 bridgehead atoms. The number of amides is 2. The lowest BCUT2D eigenvalue weighted by molar-refractivity contribution is 0.176. The quantitative estimate of drug-likeness (QED) is 0.761. The highest BCUT2D eigenvalue weighted by molar-refractivity contribution is 6.31. The van der Waals surface area contributed by atoms with Gasteiger partial charge in [-0.3, -0.25) is 4.90 Å². The molecule has 0 aliphatic carbocycles. The standard InChI is InChI=1S/C22H28ClN3O/c1-16-7-8-20(13-17(16)2)25-22(27)24-14-18-9-11-26(12-10-18)15-19-5-3-4-6-21(19)23/h3-8,13,18H,9-12,14-15H2,1-2H3,(H2,24,25,27). The van der Waals surface area contributed by atoms with Gasteiger partial charge < -0.3 is 10.6 Å². The van der Waals surface area contributed by atoms with Gasteiger partial charge in [-0.05, 0) is 80.6 Å². The molecule has 1 heterocycles. The Hall–Kier alpha value is -2.04. The van der Waals surface area contributed by atoms with Crippen LogP contribution in [-0.2, 0) is 6.54 Å².